The van der Waals surface area contributed by atoms with E-state index in [9.17, 15) is 8.42 Å². The zero-order valence-corrected chi connectivity index (χ0v) is 16.3. The van der Waals surface area contributed by atoms with Crippen molar-refractivity contribution in [1.82, 2.24) is 28.8 Å². The van der Waals surface area contributed by atoms with Crippen molar-refractivity contribution in [2.24, 2.45) is 14.1 Å². The van der Waals surface area contributed by atoms with E-state index in [-0.39, 0.29) is 0 Å². The van der Waals surface area contributed by atoms with Crippen LogP contribution < -0.4 is 0 Å². The van der Waals surface area contributed by atoms with Crippen LogP contribution in [0.5, 0.6) is 0 Å². The Balaban J connectivity index is 1.70. The fraction of sp³-hybridized carbons (Fsp3) is 0.625. The number of hydrogen-bond acceptors (Lipinski definition) is 5. The highest BCUT2D eigenvalue weighted by atomic mass is 32.2. The first-order chi connectivity index (χ1) is 11.7. The third kappa shape index (κ3) is 3.36. The van der Waals surface area contributed by atoms with Gasteiger partial charge in [0.25, 0.3) is 0 Å². The van der Waals surface area contributed by atoms with E-state index < -0.39 is 10.0 Å². The Morgan fingerprint density at radius 1 is 1.00 bits per heavy atom. The molecule has 138 valence electrons. The van der Waals surface area contributed by atoms with Gasteiger partial charge in [0.05, 0.1) is 17.1 Å². The molecule has 0 saturated carbocycles. The molecule has 1 aliphatic heterocycles. The largest absolute Gasteiger partial charge is 0.296 e. The van der Waals surface area contributed by atoms with Crippen molar-refractivity contribution < 1.29 is 8.42 Å². The number of aryl methyl sites for hydroxylation is 4. The van der Waals surface area contributed by atoms with E-state index in [2.05, 4.69) is 15.1 Å². The molecule has 0 aliphatic carbocycles. The monoisotopic (exact) mass is 366 g/mol. The summed E-state index contributed by atoms with van der Waals surface area (Å²) in [5.74, 6) is 0. The van der Waals surface area contributed by atoms with Crippen molar-refractivity contribution in [3.05, 3.63) is 28.8 Å². The van der Waals surface area contributed by atoms with Crippen LogP contribution in [-0.4, -0.2) is 63.4 Å². The summed E-state index contributed by atoms with van der Waals surface area (Å²) in [6.45, 7) is 8.78. The molecule has 0 amide bonds. The predicted molar refractivity (Wildman–Crippen MR) is 94.7 cm³/mol. The first kappa shape index (κ1) is 18.1. The molecule has 8 nitrogen and oxygen atoms in total. The van der Waals surface area contributed by atoms with Crippen LogP contribution in [0.1, 0.15) is 22.6 Å². The minimum absolute atomic E-state index is 0.353. The van der Waals surface area contributed by atoms with Crippen LogP contribution >= 0.6 is 0 Å². The average Bonchev–Trinajstić information content (AvgIpc) is 2.98. The number of aromatic nitrogens is 4. The molecule has 9 heteroatoms. The molecule has 2 aromatic heterocycles. The van der Waals surface area contributed by atoms with E-state index in [1.165, 1.54) is 5.56 Å². The summed E-state index contributed by atoms with van der Waals surface area (Å²) >= 11 is 0. The standard InChI is InChI=1S/C16H26N6O2S/c1-12-15(10-19(4)17-12)11-21-6-8-22(9-7-21)25(23,24)16-13(2)18-20(5)14(16)3/h10H,6-9,11H2,1-5H3. The normalized spacial score (nSPS) is 17.3. The topological polar surface area (TPSA) is 76.3 Å². The fourth-order valence-electron chi connectivity index (χ4n) is 3.43. The summed E-state index contributed by atoms with van der Waals surface area (Å²) in [6, 6.07) is 0. The maximum absolute atomic E-state index is 13.0. The minimum Gasteiger partial charge on any atom is -0.296 e. The van der Waals surface area contributed by atoms with Crippen molar-refractivity contribution in [1.29, 1.82) is 0 Å². The Morgan fingerprint density at radius 2 is 1.64 bits per heavy atom. The molecular weight excluding hydrogens is 340 g/mol. The maximum atomic E-state index is 13.0. The molecule has 25 heavy (non-hydrogen) atoms. The summed E-state index contributed by atoms with van der Waals surface area (Å²) in [6.07, 6.45) is 2.03. The van der Waals surface area contributed by atoms with Crippen LogP contribution in [0.2, 0.25) is 0 Å². The van der Waals surface area contributed by atoms with E-state index in [1.807, 2.05) is 24.9 Å². The smallest absolute Gasteiger partial charge is 0.246 e. The lowest BCUT2D eigenvalue weighted by Crippen LogP contribution is -2.48. The SMILES string of the molecule is Cc1nn(C)cc1CN1CCN(S(=O)(=O)c2c(C)nn(C)c2C)CC1. The lowest BCUT2D eigenvalue weighted by Gasteiger charge is -2.33. The lowest BCUT2D eigenvalue weighted by molar-refractivity contribution is 0.181. The Bertz CT molecular complexity index is 875. The maximum Gasteiger partial charge on any atom is 0.246 e. The number of sulfonamides is 1. The molecule has 0 atom stereocenters. The van der Waals surface area contributed by atoms with Gasteiger partial charge in [0.1, 0.15) is 4.90 Å². The molecule has 3 rings (SSSR count). The highest BCUT2D eigenvalue weighted by Crippen LogP contribution is 2.24. The van der Waals surface area contributed by atoms with E-state index >= 15 is 0 Å². The van der Waals surface area contributed by atoms with Gasteiger partial charge < -0.3 is 0 Å². The molecular formula is C16H26N6O2S. The quantitative estimate of drug-likeness (QED) is 0.791. The summed E-state index contributed by atoms with van der Waals surface area (Å²) in [4.78, 5) is 2.63. The molecule has 0 aromatic carbocycles. The highest BCUT2D eigenvalue weighted by Gasteiger charge is 2.32. The molecule has 2 aromatic rings. The molecule has 0 radical (unpaired) electrons. The number of rotatable bonds is 4. The summed E-state index contributed by atoms with van der Waals surface area (Å²) in [5, 5.41) is 8.61. The van der Waals surface area contributed by atoms with Crippen LogP contribution in [0, 0.1) is 20.8 Å². The van der Waals surface area contributed by atoms with E-state index in [0.717, 1.165) is 12.2 Å². The van der Waals surface area contributed by atoms with Crippen molar-refractivity contribution in [2.45, 2.75) is 32.2 Å². The van der Waals surface area contributed by atoms with Crippen molar-refractivity contribution in [3.8, 4) is 0 Å². The van der Waals surface area contributed by atoms with Crippen LogP contribution in [-0.2, 0) is 30.7 Å². The van der Waals surface area contributed by atoms with E-state index in [1.54, 1.807) is 29.9 Å². The first-order valence-corrected chi connectivity index (χ1v) is 9.86. The molecule has 1 fully saturated rings. The Kier molecular flexibility index (Phi) is 4.74. The van der Waals surface area contributed by atoms with E-state index in [0.29, 0.717) is 42.5 Å². The van der Waals surface area contributed by atoms with Gasteiger partial charge in [-0.2, -0.15) is 14.5 Å². The minimum atomic E-state index is -3.50. The fourth-order valence-corrected chi connectivity index (χ4v) is 5.25. The van der Waals surface area contributed by atoms with Gasteiger partial charge >= 0.3 is 0 Å². The van der Waals surface area contributed by atoms with Gasteiger partial charge in [0.2, 0.25) is 10.0 Å². The molecule has 3 heterocycles. The number of piperazine rings is 1. The Labute approximate surface area is 149 Å². The highest BCUT2D eigenvalue weighted by molar-refractivity contribution is 7.89. The summed E-state index contributed by atoms with van der Waals surface area (Å²) in [5.41, 5.74) is 3.47. The van der Waals surface area contributed by atoms with Gasteiger partial charge in [-0.05, 0) is 20.8 Å². The molecule has 0 spiro atoms. The second-order valence-electron chi connectivity index (χ2n) is 6.72. The first-order valence-electron chi connectivity index (χ1n) is 8.42. The van der Waals surface area contributed by atoms with Gasteiger partial charge in [-0.1, -0.05) is 0 Å². The Morgan fingerprint density at radius 3 is 2.12 bits per heavy atom. The molecule has 1 saturated heterocycles. The molecule has 0 bridgehead atoms. The zero-order chi connectivity index (χ0) is 18.4. The number of hydrogen-bond donors (Lipinski definition) is 0. The average molecular weight is 366 g/mol. The molecule has 1 aliphatic rings. The van der Waals surface area contributed by atoms with Gasteiger partial charge in [-0.3, -0.25) is 14.3 Å². The van der Waals surface area contributed by atoms with Crippen molar-refractivity contribution in [2.75, 3.05) is 26.2 Å². The van der Waals surface area contributed by atoms with Gasteiger partial charge in [0, 0.05) is 58.6 Å². The second-order valence-corrected chi connectivity index (χ2v) is 8.59. The lowest BCUT2D eigenvalue weighted by atomic mass is 10.2. The van der Waals surface area contributed by atoms with Crippen LogP contribution in [0.25, 0.3) is 0 Å². The van der Waals surface area contributed by atoms with Crippen LogP contribution in [0.15, 0.2) is 11.1 Å². The third-order valence-electron chi connectivity index (χ3n) is 4.88. The third-order valence-corrected chi connectivity index (χ3v) is 7.03. The van der Waals surface area contributed by atoms with Gasteiger partial charge in [-0.25, -0.2) is 8.42 Å². The molecule has 0 unspecified atom stereocenters. The predicted octanol–water partition coefficient (Wildman–Crippen LogP) is 0.585. The summed E-state index contributed by atoms with van der Waals surface area (Å²) in [7, 11) is 0.194. The van der Waals surface area contributed by atoms with Crippen LogP contribution in [0.4, 0.5) is 0 Å². The zero-order valence-electron chi connectivity index (χ0n) is 15.5. The number of nitrogens with zero attached hydrogens (tertiary/aromatic N) is 6. The van der Waals surface area contributed by atoms with Gasteiger partial charge in [-0.15, -0.1) is 0 Å². The van der Waals surface area contributed by atoms with E-state index in [4.69, 9.17) is 0 Å². The summed E-state index contributed by atoms with van der Waals surface area (Å²) < 4.78 is 31.0. The van der Waals surface area contributed by atoms with Gasteiger partial charge in [0.15, 0.2) is 0 Å². The van der Waals surface area contributed by atoms with Crippen molar-refractivity contribution in [3.63, 3.8) is 0 Å². The van der Waals surface area contributed by atoms with Crippen LogP contribution in [0.3, 0.4) is 0 Å². The van der Waals surface area contributed by atoms with Crippen molar-refractivity contribution >= 4 is 10.0 Å². The Hall–Kier alpha value is -1.71. The second kappa shape index (κ2) is 6.54. The molecule has 0 N–H and O–H groups in total.